The first-order valence-electron chi connectivity index (χ1n) is 9.73. The summed E-state index contributed by atoms with van der Waals surface area (Å²) in [5.41, 5.74) is 3.01. The van der Waals surface area contributed by atoms with Crippen LogP contribution in [0.1, 0.15) is 37.0 Å². The molecule has 2 amide bonds. The summed E-state index contributed by atoms with van der Waals surface area (Å²) < 4.78 is 5.79. The van der Waals surface area contributed by atoms with Crippen LogP contribution in [-0.4, -0.2) is 35.9 Å². The average molecular weight is 383 g/mol. The van der Waals surface area contributed by atoms with E-state index in [1.807, 2.05) is 69.3 Å². The average Bonchev–Trinajstić information content (AvgIpc) is 2.70. The van der Waals surface area contributed by atoms with Gasteiger partial charge in [-0.15, -0.1) is 0 Å². The molecular formula is C23H30N2O3. The van der Waals surface area contributed by atoms with Gasteiger partial charge in [0.15, 0.2) is 6.61 Å². The van der Waals surface area contributed by atoms with Gasteiger partial charge in [0.25, 0.3) is 5.91 Å². The third-order valence-electron chi connectivity index (χ3n) is 4.61. The Morgan fingerprint density at radius 3 is 2.50 bits per heavy atom. The molecule has 2 rings (SSSR count). The van der Waals surface area contributed by atoms with Crippen molar-refractivity contribution in [3.8, 4) is 5.75 Å². The van der Waals surface area contributed by atoms with Crippen LogP contribution in [0.4, 0.5) is 0 Å². The number of carbonyl (C=O) groups is 2. The zero-order valence-electron chi connectivity index (χ0n) is 17.2. The highest BCUT2D eigenvalue weighted by Crippen LogP contribution is 2.19. The molecule has 5 heteroatoms. The van der Waals surface area contributed by atoms with Crippen LogP contribution in [0.2, 0.25) is 0 Å². The molecule has 1 atom stereocenters. The highest BCUT2D eigenvalue weighted by molar-refractivity contribution is 5.87. The monoisotopic (exact) mass is 382 g/mol. The van der Waals surface area contributed by atoms with Crippen LogP contribution in [0.15, 0.2) is 48.5 Å². The molecule has 2 aromatic rings. The van der Waals surface area contributed by atoms with Gasteiger partial charge in [-0.2, -0.15) is 0 Å². The van der Waals surface area contributed by atoms with Gasteiger partial charge < -0.3 is 15.0 Å². The fourth-order valence-electron chi connectivity index (χ4n) is 2.84. The molecule has 1 N–H and O–H groups in total. The second kappa shape index (κ2) is 10.5. The topological polar surface area (TPSA) is 58.6 Å². The normalized spacial score (nSPS) is 11.6. The molecule has 2 aromatic carbocycles. The number of amides is 2. The summed E-state index contributed by atoms with van der Waals surface area (Å²) in [6.45, 7) is 8.52. The number of rotatable bonds is 9. The highest BCUT2D eigenvalue weighted by Gasteiger charge is 2.26. The van der Waals surface area contributed by atoms with Gasteiger partial charge in [-0.1, -0.05) is 49.4 Å². The van der Waals surface area contributed by atoms with Gasteiger partial charge >= 0.3 is 0 Å². The fourth-order valence-corrected chi connectivity index (χ4v) is 2.84. The lowest BCUT2D eigenvalue weighted by atomic mass is 10.1. The molecule has 0 saturated carbocycles. The minimum Gasteiger partial charge on any atom is -0.483 e. The molecule has 150 valence electrons. The van der Waals surface area contributed by atoms with E-state index in [0.29, 0.717) is 18.8 Å². The van der Waals surface area contributed by atoms with Crippen molar-refractivity contribution < 1.29 is 14.3 Å². The summed E-state index contributed by atoms with van der Waals surface area (Å²) in [7, 11) is 0. The van der Waals surface area contributed by atoms with Crippen LogP contribution in [0.5, 0.6) is 5.75 Å². The number of carbonyl (C=O) groups excluding carboxylic acids is 2. The van der Waals surface area contributed by atoms with Crippen molar-refractivity contribution >= 4 is 11.8 Å². The lowest BCUT2D eigenvalue weighted by Crippen LogP contribution is -2.49. The number of hydrogen-bond acceptors (Lipinski definition) is 3. The van der Waals surface area contributed by atoms with Crippen LogP contribution in [0, 0.1) is 13.8 Å². The molecule has 0 saturated heterocycles. The Labute approximate surface area is 167 Å². The van der Waals surface area contributed by atoms with E-state index in [9.17, 15) is 9.59 Å². The van der Waals surface area contributed by atoms with E-state index in [0.717, 1.165) is 23.1 Å². The van der Waals surface area contributed by atoms with Crippen LogP contribution in [0.25, 0.3) is 0 Å². The number of hydrogen-bond donors (Lipinski definition) is 1. The Hall–Kier alpha value is -2.82. The predicted octanol–water partition coefficient (Wildman–Crippen LogP) is 3.63. The molecule has 0 bridgehead atoms. The SMILES string of the molecule is CCCNC(=O)[C@@H](C)N(Cc1ccccc1)C(=O)COc1cc(C)ccc1C. The van der Waals surface area contributed by atoms with Gasteiger partial charge in [-0.25, -0.2) is 0 Å². The van der Waals surface area contributed by atoms with E-state index < -0.39 is 6.04 Å². The molecule has 0 aromatic heterocycles. The standard InChI is InChI=1S/C23H30N2O3/c1-5-13-24-23(27)19(4)25(15-20-9-7-6-8-10-20)22(26)16-28-21-14-17(2)11-12-18(21)3/h6-12,14,19H,5,13,15-16H2,1-4H3,(H,24,27)/t19-/m1/s1. The van der Waals surface area contributed by atoms with Gasteiger partial charge in [0.1, 0.15) is 11.8 Å². The maximum Gasteiger partial charge on any atom is 0.261 e. The third kappa shape index (κ3) is 6.12. The summed E-state index contributed by atoms with van der Waals surface area (Å²) in [4.78, 5) is 27.0. The van der Waals surface area contributed by atoms with Gasteiger partial charge in [-0.3, -0.25) is 9.59 Å². The lowest BCUT2D eigenvalue weighted by molar-refractivity contribution is -0.142. The summed E-state index contributed by atoms with van der Waals surface area (Å²) >= 11 is 0. The first-order valence-corrected chi connectivity index (χ1v) is 9.73. The zero-order valence-corrected chi connectivity index (χ0v) is 17.2. The molecule has 0 spiro atoms. The zero-order chi connectivity index (χ0) is 20.5. The maximum absolute atomic E-state index is 13.0. The second-order valence-electron chi connectivity index (χ2n) is 7.03. The largest absolute Gasteiger partial charge is 0.483 e. The Morgan fingerprint density at radius 2 is 1.82 bits per heavy atom. The highest BCUT2D eigenvalue weighted by atomic mass is 16.5. The molecule has 0 fully saturated rings. The summed E-state index contributed by atoms with van der Waals surface area (Å²) in [5.74, 6) is 0.317. The van der Waals surface area contributed by atoms with Crippen molar-refractivity contribution in [2.45, 2.75) is 46.7 Å². The molecule has 0 heterocycles. The van der Waals surface area contributed by atoms with E-state index >= 15 is 0 Å². The summed E-state index contributed by atoms with van der Waals surface area (Å²) in [6.07, 6.45) is 0.848. The quantitative estimate of drug-likeness (QED) is 0.721. The van der Waals surface area contributed by atoms with Crippen molar-refractivity contribution in [1.29, 1.82) is 0 Å². The Bertz CT molecular complexity index is 790. The molecular weight excluding hydrogens is 352 g/mol. The van der Waals surface area contributed by atoms with Crippen LogP contribution < -0.4 is 10.1 Å². The number of nitrogens with one attached hydrogen (secondary N) is 1. The molecule has 0 radical (unpaired) electrons. The predicted molar refractivity (Wildman–Crippen MR) is 111 cm³/mol. The van der Waals surface area contributed by atoms with Crippen molar-refractivity contribution in [3.05, 3.63) is 65.2 Å². The van der Waals surface area contributed by atoms with Crippen molar-refractivity contribution in [3.63, 3.8) is 0 Å². The van der Waals surface area contributed by atoms with Crippen molar-refractivity contribution in [1.82, 2.24) is 10.2 Å². The molecule has 0 unspecified atom stereocenters. The van der Waals surface area contributed by atoms with Gasteiger partial charge in [0.2, 0.25) is 5.91 Å². The molecule has 0 aliphatic heterocycles. The van der Waals surface area contributed by atoms with E-state index in [1.54, 1.807) is 11.8 Å². The summed E-state index contributed by atoms with van der Waals surface area (Å²) in [5, 5.41) is 2.87. The first kappa shape index (κ1) is 21.5. The molecule has 28 heavy (non-hydrogen) atoms. The Morgan fingerprint density at radius 1 is 1.11 bits per heavy atom. The first-order chi connectivity index (χ1) is 13.4. The smallest absolute Gasteiger partial charge is 0.261 e. The minimum atomic E-state index is -0.582. The van der Waals surface area contributed by atoms with Gasteiger partial charge in [-0.05, 0) is 49.9 Å². The van der Waals surface area contributed by atoms with E-state index in [-0.39, 0.29) is 18.4 Å². The van der Waals surface area contributed by atoms with Crippen molar-refractivity contribution in [2.24, 2.45) is 0 Å². The fraction of sp³-hybridized carbons (Fsp3) is 0.391. The minimum absolute atomic E-state index is 0.109. The number of aryl methyl sites for hydroxylation is 2. The van der Waals surface area contributed by atoms with Crippen LogP contribution >= 0.6 is 0 Å². The van der Waals surface area contributed by atoms with Gasteiger partial charge in [0, 0.05) is 13.1 Å². The number of nitrogens with zero attached hydrogens (tertiary/aromatic N) is 1. The van der Waals surface area contributed by atoms with Crippen molar-refractivity contribution in [2.75, 3.05) is 13.2 Å². The van der Waals surface area contributed by atoms with Crippen LogP contribution in [-0.2, 0) is 16.1 Å². The van der Waals surface area contributed by atoms with E-state index in [4.69, 9.17) is 4.74 Å². The van der Waals surface area contributed by atoms with E-state index in [1.165, 1.54) is 0 Å². The maximum atomic E-state index is 13.0. The third-order valence-corrected chi connectivity index (χ3v) is 4.61. The van der Waals surface area contributed by atoms with Crippen LogP contribution in [0.3, 0.4) is 0 Å². The molecule has 5 nitrogen and oxygen atoms in total. The number of benzene rings is 2. The van der Waals surface area contributed by atoms with Gasteiger partial charge in [0.05, 0.1) is 0 Å². The van der Waals surface area contributed by atoms with E-state index in [2.05, 4.69) is 5.32 Å². The number of ether oxygens (including phenoxy) is 1. The second-order valence-corrected chi connectivity index (χ2v) is 7.03. The Kier molecular flexibility index (Phi) is 8.05. The summed E-state index contributed by atoms with van der Waals surface area (Å²) in [6, 6.07) is 15.0. The molecule has 0 aliphatic carbocycles. The lowest BCUT2D eigenvalue weighted by Gasteiger charge is -2.29. The Balaban J connectivity index is 2.13. The molecule has 0 aliphatic rings.